The van der Waals surface area contributed by atoms with Gasteiger partial charge in [0.2, 0.25) is 0 Å². The van der Waals surface area contributed by atoms with Gasteiger partial charge in [-0.1, -0.05) is 12.1 Å². The minimum Gasteiger partial charge on any atom is -0.490 e. The molecule has 0 aromatic heterocycles. The van der Waals surface area contributed by atoms with E-state index in [9.17, 15) is 13.6 Å². The van der Waals surface area contributed by atoms with E-state index in [1.165, 1.54) is 7.11 Å². The molecule has 0 aliphatic carbocycles. The fourth-order valence-corrected chi connectivity index (χ4v) is 2.30. The van der Waals surface area contributed by atoms with Crippen LogP contribution in [0.15, 0.2) is 23.2 Å². The second-order valence-corrected chi connectivity index (χ2v) is 5.44. The molecule has 0 saturated heterocycles. The van der Waals surface area contributed by atoms with Gasteiger partial charge in [0, 0.05) is 32.1 Å². The molecule has 1 rings (SSSR count). The van der Waals surface area contributed by atoms with E-state index in [0.717, 1.165) is 6.42 Å². The van der Waals surface area contributed by atoms with Gasteiger partial charge in [-0.05, 0) is 25.8 Å². The van der Waals surface area contributed by atoms with E-state index in [2.05, 4.69) is 25.1 Å². The first-order valence-corrected chi connectivity index (χ1v) is 8.72. The van der Waals surface area contributed by atoms with Crippen LogP contribution in [0.5, 0.6) is 11.5 Å². The molecule has 0 fully saturated rings. The Labute approximate surface area is 181 Å². The lowest BCUT2D eigenvalue weighted by atomic mass is 10.2. The topological polar surface area (TPSA) is 81.2 Å². The number of halogens is 3. The van der Waals surface area contributed by atoms with Crippen molar-refractivity contribution in [2.45, 2.75) is 39.3 Å². The number of hydrogen-bond donors (Lipinski definition) is 2. The van der Waals surface area contributed by atoms with Gasteiger partial charge in [0.25, 0.3) is 0 Å². The number of methoxy groups -OCH3 is 1. The van der Waals surface area contributed by atoms with Crippen molar-refractivity contribution in [2.75, 3.05) is 27.3 Å². The number of alkyl halides is 2. The molecule has 0 unspecified atom stereocenters. The van der Waals surface area contributed by atoms with Crippen LogP contribution < -0.4 is 20.1 Å². The molecule has 160 valence electrons. The van der Waals surface area contributed by atoms with Crippen molar-refractivity contribution in [3.63, 3.8) is 0 Å². The fraction of sp³-hybridized carbons (Fsp3) is 0.556. The van der Waals surface area contributed by atoms with Gasteiger partial charge >= 0.3 is 12.6 Å². The average Bonchev–Trinajstić information content (AvgIpc) is 2.65. The molecule has 0 bridgehead atoms. The maximum Gasteiger partial charge on any atom is 0.387 e. The number of guanidine groups is 1. The highest BCUT2D eigenvalue weighted by molar-refractivity contribution is 14.0. The molecule has 2 N–H and O–H groups in total. The first-order valence-electron chi connectivity index (χ1n) is 8.72. The maximum atomic E-state index is 12.7. The van der Waals surface area contributed by atoms with Crippen LogP contribution in [0.1, 0.15) is 31.7 Å². The third-order valence-electron chi connectivity index (χ3n) is 3.56. The number of carbonyl (C=O) groups is 1. The second kappa shape index (κ2) is 15.1. The lowest BCUT2D eigenvalue weighted by Gasteiger charge is -2.17. The molecule has 0 aliphatic rings. The fourth-order valence-electron chi connectivity index (χ4n) is 2.30. The maximum absolute atomic E-state index is 12.7. The van der Waals surface area contributed by atoms with Crippen molar-refractivity contribution in [3.05, 3.63) is 23.8 Å². The Balaban J connectivity index is 0.00000729. The second-order valence-electron chi connectivity index (χ2n) is 5.44. The van der Waals surface area contributed by atoms with Gasteiger partial charge in [0.15, 0.2) is 17.5 Å². The van der Waals surface area contributed by atoms with Crippen LogP contribution >= 0.6 is 24.0 Å². The Kier molecular flexibility index (Phi) is 14.1. The van der Waals surface area contributed by atoms with Crippen LogP contribution in [0.4, 0.5) is 8.78 Å². The molecular weight excluding hydrogens is 487 g/mol. The molecule has 0 heterocycles. The summed E-state index contributed by atoms with van der Waals surface area (Å²) >= 11 is 0. The summed E-state index contributed by atoms with van der Waals surface area (Å²) in [5.41, 5.74) is 0.523. The number of carbonyl (C=O) groups excluding carboxylic acids is 1. The zero-order valence-corrected chi connectivity index (χ0v) is 18.6. The molecule has 0 aliphatic heterocycles. The summed E-state index contributed by atoms with van der Waals surface area (Å²) < 4.78 is 40.1. The molecule has 1 aromatic rings. The van der Waals surface area contributed by atoms with Gasteiger partial charge in [0.05, 0.1) is 13.7 Å². The molecule has 0 saturated carbocycles. The van der Waals surface area contributed by atoms with Crippen molar-refractivity contribution >= 4 is 35.9 Å². The molecule has 0 spiro atoms. The number of unbranched alkanes of at least 4 members (excludes halogenated alkanes) is 1. The Bertz CT molecular complexity index is 618. The van der Waals surface area contributed by atoms with Crippen LogP contribution in [-0.4, -0.2) is 45.8 Å². The van der Waals surface area contributed by atoms with E-state index < -0.39 is 6.61 Å². The van der Waals surface area contributed by atoms with Gasteiger partial charge in [-0.15, -0.1) is 24.0 Å². The Morgan fingerprint density at radius 2 is 2.00 bits per heavy atom. The molecular formula is C18H28F2IN3O4. The zero-order chi connectivity index (χ0) is 20.1. The molecule has 28 heavy (non-hydrogen) atoms. The van der Waals surface area contributed by atoms with Crippen LogP contribution in [-0.2, 0) is 16.1 Å². The minimum absolute atomic E-state index is 0. The molecule has 1 aromatic carbocycles. The number of benzene rings is 1. The van der Waals surface area contributed by atoms with Gasteiger partial charge in [-0.25, -0.2) is 0 Å². The monoisotopic (exact) mass is 515 g/mol. The number of nitrogens with zero attached hydrogens (tertiary/aromatic N) is 1. The first kappa shape index (κ1) is 26.1. The van der Waals surface area contributed by atoms with Crippen LogP contribution in [0, 0.1) is 0 Å². The van der Waals surface area contributed by atoms with E-state index in [1.807, 2.05) is 0 Å². The lowest BCUT2D eigenvalue weighted by Crippen LogP contribution is -2.37. The Hall–Kier alpha value is -1.85. The van der Waals surface area contributed by atoms with Crippen molar-refractivity contribution in [2.24, 2.45) is 4.99 Å². The van der Waals surface area contributed by atoms with E-state index in [0.29, 0.717) is 37.5 Å². The lowest BCUT2D eigenvalue weighted by molar-refractivity contribution is -0.140. The molecule has 0 amide bonds. The highest BCUT2D eigenvalue weighted by Gasteiger charge is 2.16. The van der Waals surface area contributed by atoms with E-state index >= 15 is 0 Å². The number of aliphatic imine (C=N–C) groups is 1. The summed E-state index contributed by atoms with van der Waals surface area (Å²) in [4.78, 5) is 15.1. The van der Waals surface area contributed by atoms with Crippen LogP contribution in [0.25, 0.3) is 0 Å². The summed E-state index contributed by atoms with van der Waals surface area (Å²) in [6, 6.07) is 4.97. The summed E-state index contributed by atoms with van der Waals surface area (Å²) in [6.07, 6.45) is 1.82. The molecule has 0 atom stereocenters. The number of ether oxygens (including phenoxy) is 3. The predicted octanol–water partition coefficient (Wildman–Crippen LogP) is 3.31. The number of esters is 1. The molecule has 0 radical (unpaired) electrons. The van der Waals surface area contributed by atoms with Crippen molar-refractivity contribution in [1.82, 2.24) is 10.6 Å². The highest BCUT2D eigenvalue weighted by Crippen LogP contribution is 2.32. The summed E-state index contributed by atoms with van der Waals surface area (Å²) in [6.45, 7) is -0.00701. The average molecular weight is 515 g/mol. The number of rotatable bonds is 11. The predicted molar refractivity (Wildman–Crippen MR) is 114 cm³/mol. The first-order chi connectivity index (χ1) is 13.0. The third kappa shape index (κ3) is 9.90. The summed E-state index contributed by atoms with van der Waals surface area (Å²) in [5.74, 6) is 0.550. The van der Waals surface area contributed by atoms with E-state index in [1.54, 1.807) is 32.2 Å². The quantitative estimate of drug-likeness (QED) is 0.155. The minimum atomic E-state index is -2.95. The van der Waals surface area contributed by atoms with Gasteiger partial charge in [-0.2, -0.15) is 8.78 Å². The SMILES string of the molecule is CCOc1cccc(CNC(=NC)NCCCCC(=O)OC)c1OC(F)F.I. The Morgan fingerprint density at radius 1 is 1.25 bits per heavy atom. The summed E-state index contributed by atoms with van der Waals surface area (Å²) in [5, 5.41) is 6.14. The van der Waals surface area contributed by atoms with Gasteiger partial charge in [0.1, 0.15) is 0 Å². The normalized spacial score (nSPS) is 10.9. The molecule has 10 heteroatoms. The van der Waals surface area contributed by atoms with E-state index in [-0.39, 0.29) is 48.0 Å². The van der Waals surface area contributed by atoms with Gasteiger partial charge in [-0.3, -0.25) is 9.79 Å². The van der Waals surface area contributed by atoms with Crippen molar-refractivity contribution in [3.8, 4) is 11.5 Å². The smallest absolute Gasteiger partial charge is 0.387 e. The number of hydrogen-bond acceptors (Lipinski definition) is 5. The standard InChI is InChI=1S/C18H27F2N3O4.HI/c1-4-26-14-9-7-8-13(16(14)27-17(19)20)12-23-18(21-2)22-11-6-5-10-15(24)25-3;/h7-9,17H,4-6,10-12H2,1-3H3,(H2,21,22,23);1H. The molecule has 7 nitrogen and oxygen atoms in total. The number of nitrogens with one attached hydrogen (secondary N) is 2. The van der Waals surface area contributed by atoms with Crippen LogP contribution in [0.3, 0.4) is 0 Å². The Morgan fingerprint density at radius 3 is 2.61 bits per heavy atom. The zero-order valence-electron chi connectivity index (χ0n) is 16.3. The largest absolute Gasteiger partial charge is 0.490 e. The van der Waals surface area contributed by atoms with E-state index in [4.69, 9.17) is 4.74 Å². The van der Waals surface area contributed by atoms with Crippen molar-refractivity contribution < 1.29 is 27.8 Å². The van der Waals surface area contributed by atoms with Gasteiger partial charge < -0.3 is 24.8 Å². The summed E-state index contributed by atoms with van der Waals surface area (Å²) in [7, 11) is 2.97. The van der Waals surface area contributed by atoms with Crippen molar-refractivity contribution in [1.29, 1.82) is 0 Å². The third-order valence-corrected chi connectivity index (χ3v) is 3.56. The van der Waals surface area contributed by atoms with Crippen LogP contribution in [0.2, 0.25) is 0 Å². The number of para-hydroxylation sites is 1. The highest BCUT2D eigenvalue weighted by atomic mass is 127.